The van der Waals surface area contributed by atoms with Crippen LogP contribution < -0.4 is 4.90 Å². The Bertz CT molecular complexity index is 719. The molecule has 4 rings (SSSR count). The van der Waals surface area contributed by atoms with Crippen LogP contribution in [-0.2, 0) is 15.3 Å². The Morgan fingerprint density at radius 1 is 0.952 bits per heavy atom. The summed E-state index contributed by atoms with van der Waals surface area (Å²) >= 11 is 0. The first kappa shape index (κ1) is 12.6. The summed E-state index contributed by atoms with van der Waals surface area (Å²) in [5.41, 5.74) is 3.10. The first-order valence-electron chi connectivity index (χ1n) is 6.99. The van der Waals surface area contributed by atoms with Crippen molar-refractivity contribution in [3.05, 3.63) is 65.2 Å². The number of carbonyl (C=O) groups is 1. The first-order valence-corrected chi connectivity index (χ1v) is 6.99. The Morgan fingerprint density at radius 2 is 1.57 bits per heavy atom. The summed E-state index contributed by atoms with van der Waals surface area (Å²) in [6, 6.07) is 15.3. The zero-order valence-electron chi connectivity index (χ0n) is 11.7. The average molecular weight is 281 g/mol. The molecule has 0 bridgehead atoms. The van der Waals surface area contributed by atoms with Crippen molar-refractivity contribution in [3.8, 4) is 0 Å². The lowest BCUT2D eigenvalue weighted by molar-refractivity contribution is -0.129. The van der Waals surface area contributed by atoms with Crippen LogP contribution in [0.15, 0.2) is 48.5 Å². The van der Waals surface area contributed by atoms with Gasteiger partial charge in [-0.1, -0.05) is 36.4 Å². The molecule has 2 heterocycles. The van der Waals surface area contributed by atoms with Gasteiger partial charge in [0.15, 0.2) is 0 Å². The number of rotatable bonds is 0. The van der Waals surface area contributed by atoms with E-state index in [1.165, 1.54) is 0 Å². The van der Waals surface area contributed by atoms with E-state index in [0.29, 0.717) is 18.8 Å². The lowest BCUT2D eigenvalue weighted by Crippen LogP contribution is -2.29. The average Bonchev–Trinajstić information content (AvgIpc) is 3.01. The number of para-hydroxylation sites is 1. The predicted octanol–water partition coefficient (Wildman–Crippen LogP) is 2.52. The quantitative estimate of drug-likeness (QED) is 0.745. The van der Waals surface area contributed by atoms with E-state index < -0.39 is 5.79 Å². The number of fused-ring (bicyclic) bond motifs is 4. The third-order valence-corrected chi connectivity index (χ3v) is 4.13. The third-order valence-electron chi connectivity index (χ3n) is 4.13. The Labute approximate surface area is 122 Å². The highest BCUT2D eigenvalue weighted by Gasteiger charge is 2.47. The maximum Gasteiger partial charge on any atom is 0.258 e. The van der Waals surface area contributed by atoms with Crippen LogP contribution in [0.1, 0.15) is 21.5 Å². The maximum absolute atomic E-state index is 12.8. The van der Waals surface area contributed by atoms with Gasteiger partial charge < -0.3 is 14.4 Å². The minimum atomic E-state index is -0.979. The van der Waals surface area contributed by atoms with Crippen LogP contribution in [0.25, 0.3) is 0 Å². The molecule has 0 saturated carbocycles. The molecule has 0 unspecified atom stereocenters. The summed E-state index contributed by atoms with van der Waals surface area (Å²) in [5, 5.41) is 0. The van der Waals surface area contributed by atoms with Crippen molar-refractivity contribution in [2.45, 2.75) is 5.79 Å². The molecule has 0 aromatic heterocycles. The molecule has 2 aliphatic heterocycles. The summed E-state index contributed by atoms with van der Waals surface area (Å²) in [6.45, 7) is 1.03. The van der Waals surface area contributed by atoms with Gasteiger partial charge in [0.1, 0.15) is 0 Å². The topological polar surface area (TPSA) is 38.8 Å². The van der Waals surface area contributed by atoms with Gasteiger partial charge in [0.05, 0.1) is 18.9 Å². The molecule has 2 aliphatic rings. The number of hydrogen-bond acceptors (Lipinski definition) is 3. The van der Waals surface area contributed by atoms with Crippen molar-refractivity contribution < 1.29 is 14.3 Å². The third kappa shape index (κ3) is 1.60. The van der Waals surface area contributed by atoms with E-state index in [1.807, 2.05) is 48.5 Å². The molecule has 21 heavy (non-hydrogen) atoms. The molecule has 1 fully saturated rings. The largest absolute Gasteiger partial charge is 0.340 e. The molecule has 1 amide bonds. The molecule has 106 valence electrons. The van der Waals surface area contributed by atoms with Crippen molar-refractivity contribution in [2.24, 2.45) is 0 Å². The predicted molar refractivity (Wildman–Crippen MR) is 78.3 cm³/mol. The van der Waals surface area contributed by atoms with E-state index in [0.717, 1.165) is 16.8 Å². The SMILES string of the molecule is CN1C(=O)c2ccccc2C2(OCCO2)c2ccccc21. The summed E-state index contributed by atoms with van der Waals surface area (Å²) in [5.74, 6) is -1.03. The van der Waals surface area contributed by atoms with Crippen LogP contribution in [0.5, 0.6) is 0 Å². The summed E-state index contributed by atoms with van der Waals surface area (Å²) in [7, 11) is 1.78. The Balaban J connectivity index is 2.10. The van der Waals surface area contributed by atoms with Crippen molar-refractivity contribution in [1.29, 1.82) is 0 Å². The van der Waals surface area contributed by atoms with Gasteiger partial charge in [-0.05, 0) is 12.1 Å². The Morgan fingerprint density at radius 3 is 2.33 bits per heavy atom. The van der Waals surface area contributed by atoms with Crippen molar-refractivity contribution in [1.82, 2.24) is 0 Å². The van der Waals surface area contributed by atoms with Gasteiger partial charge in [-0.15, -0.1) is 0 Å². The Hall–Kier alpha value is -2.17. The smallest absolute Gasteiger partial charge is 0.258 e. The van der Waals surface area contributed by atoms with Crippen LogP contribution in [0.3, 0.4) is 0 Å². The van der Waals surface area contributed by atoms with E-state index in [-0.39, 0.29) is 5.91 Å². The van der Waals surface area contributed by atoms with Gasteiger partial charge in [-0.25, -0.2) is 0 Å². The van der Waals surface area contributed by atoms with Crippen molar-refractivity contribution in [3.63, 3.8) is 0 Å². The molecule has 0 radical (unpaired) electrons. The van der Waals surface area contributed by atoms with Crippen LogP contribution in [0.2, 0.25) is 0 Å². The van der Waals surface area contributed by atoms with Crippen LogP contribution in [0, 0.1) is 0 Å². The molecule has 1 saturated heterocycles. The minimum absolute atomic E-state index is 0.0472. The van der Waals surface area contributed by atoms with Gasteiger partial charge >= 0.3 is 0 Å². The van der Waals surface area contributed by atoms with E-state index >= 15 is 0 Å². The molecule has 4 heteroatoms. The molecule has 1 spiro atoms. The zero-order chi connectivity index (χ0) is 14.4. The molecule has 0 atom stereocenters. The monoisotopic (exact) mass is 281 g/mol. The standard InChI is InChI=1S/C17H15NO3/c1-18-15-9-5-4-8-14(15)17(20-10-11-21-17)13-7-3-2-6-12(13)16(18)19/h2-9H,10-11H2,1H3. The van der Waals surface area contributed by atoms with Gasteiger partial charge in [0.25, 0.3) is 5.91 Å². The number of anilines is 1. The number of benzene rings is 2. The maximum atomic E-state index is 12.8. The molecule has 0 N–H and O–H groups in total. The number of carbonyl (C=O) groups excluding carboxylic acids is 1. The Kier molecular flexibility index (Phi) is 2.64. The highest BCUT2D eigenvalue weighted by Crippen LogP contribution is 2.46. The van der Waals surface area contributed by atoms with Crippen LogP contribution in [0.4, 0.5) is 5.69 Å². The van der Waals surface area contributed by atoms with Gasteiger partial charge in [-0.2, -0.15) is 0 Å². The molecule has 4 nitrogen and oxygen atoms in total. The van der Waals surface area contributed by atoms with Gasteiger partial charge in [-0.3, -0.25) is 4.79 Å². The first-order chi connectivity index (χ1) is 10.2. The van der Waals surface area contributed by atoms with E-state index in [1.54, 1.807) is 11.9 Å². The fourth-order valence-corrected chi connectivity index (χ4v) is 3.16. The van der Waals surface area contributed by atoms with Crippen molar-refractivity contribution >= 4 is 11.6 Å². The summed E-state index contributed by atoms with van der Waals surface area (Å²) < 4.78 is 12.0. The number of amides is 1. The zero-order valence-corrected chi connectivity index (χ0v) is 11.7. The second kappa shape index (κ2) is 4.41. The highest BCUT2D eigenvalue weighted by atomic mass is 16.7. The van der Waals surface area contributed by atoms with E-state index in [9.17, 15) is 4.79 Å². The fraction of sp³-hybridized carbons (Fsp3) is 0.235. The van der Waals surface area contributed by atoms with Crippen molar-refractivity contribution in [2.75, 3.05) is 25.2 Å². The number of hydrogen-bond donors (Lipinski definition) is 0. The normalized spacial score (nSPS) is 19.3. The van der Waals surface area contributed by atoms with Crippen LogP contribution in [-0.4, -0.2) is 26.2 Å². The number of ether oxygens (including phenoxy) is 2. The lowest BCUT2D eigenvalue weighted by atomic mass is 9.93. The second-order valence-electron chi connectivity index (χ2n) is 5.24. The summed E-state index contributed by atoms with van der Waals surface area (Å²) in [4.78, 5) is 14.4. The molecular weight excluding hydrogens is 266 g/mol. The second-order valence-corrected chi connectivity index (χ2v) is 5.24. The van der Waals surface area contributed by atoms with E-state index in [4.69, 9.17) is 9.47 Å². The van der Waals surface area contributed by atoms with Crippen LogP contribution >= 0.6 is 0 Å². The summed E-state index contributed by atoms with van der Waals surface area (Å²) in [6.07, 6.45) is 0. The van der Waals surface area contributed by atoms with Gasteiger partial charge in [0.2, 0.25) is 5.79 Å². The van der Waals surface area contributed by atoms with Gasteiger partial charge in [0, 0.05) is 23.7 Å². The highest BCUT2D eigenvalue weighted by molar-refractivity contribution is 6.08. The molecular formula is C17H15NO3. The van der Waals surface area contributed by atoms with E-state index in [2.05, 4.69) is 0 Å². The molecule has 0 aliphatic carbocycles. The number of nitrogens with zero attached hydrogens (tertiary/aromatic N) is 1. The lowest BCUT2D eigenvalue weighted by Gasteiger charge is -2.29. The molecule has 2 aromatic carbocycles. The molecule has 2 aromatic rings. The fourth-order valence-electron chi connectivity index (χ4n) is 3.16. The minimum Gasteiger partial charge on any atom is -0.340 e.